The highest BCUT2D eigenvalue weighted by atomic mass is 19.4. The van der Waals surface area contributed by atoms with Crippen LogP contribution in [0.3, 0.4) is 0 Å². The van der Waals surface area contributed by atoms with Gasteiger partial charge in [0.2, 0.25) is 0 Å². The van der Waals surface area contributed by atoms with Crippen molar-refractivity contribution >= 4 is 0 Å². The van der Waals surface area contributed by atoms with E-state index >= 15 is 0 Å². The second kappa shape index (κ2) is 3.06. The van der Waals surface area contributed by atoms with E-state index in [9.17, 15) is 13.2 Å². The molecule has 1 unspecified atom stereocenters. The van der Waals surface area contributed by atoms with Crippen molar-refractivity contribution in [3.63, 3.8) is 0 Å². The van der Waals surface area contributed by atoms with E-state index in [1.165, 1.54) is 0 Å². The Morgan fingerprint density at radius 3 is 2.17 bits per heavy atom. The van der Waals surface area contributed by atoms with Crippen LogP contribution >= 0.6 is 0 Å². The Kier molecular flexibility index (Phi) is 2.27. The van der Waals surface area contributed by atoms with E-state index in [0.717, 1.165) is 18.7 Å². The zero-order valence-electron chi connectivity index (χ0n) is 5.92. The zero-order valence-corrected chi connectivity index (χ0v) is 5.92. The lowest BCUT2D eigenvalue weighted by atomic mass is 10.1. The van der Waals surface area contributed by atoms with E-state index < -0.39 is 12.2 Å². The fourth-order valence-electron chi connectivity index (χ4n) is 0.660. The van der Waals surface area contributed by atoms with Crippen LogP contribution < -0.4 is 5.73 Å². The van der Waals surface area contributed by atoms with Crippen molar-refractivity contribution < 1.29 is 13.2 Å². The largest absolute Gasteiger partial charge is 0.407 e. The van der Waals surface area contributed by atoms with Crippen LogP contribution in [-0.4, -0.2) is 16.1 Å². The van der Waals surface area contributed by atoms with Crippen LogP contribution in [0.5, 0.6) is 0 Å². The molecule has 0 bridgehead atoms. The number of nitrogens with two attached hydrogens (primary N) is 1. The molecule has 0 aliphatic heterocycles. The lowest BCUT2D eigenvalue weighted by molar-refractivity contribution is -0.149. The number of rotatable bonds is 1. The molecule has 1 atom stereocenters. The molecule has 0 saturated carbocycles. The molecule has 0 amide bonds. The second-order valence-electron chi connectivity index (χ2n) is 2.19. The normalized spacial score (nSPS) is 14.3. The first-order valence-electron chi connectivity index (χ1n) is 3.09. The molecule has 0 saturated heterocycles. The topological polar surface area (TPSA) is 51.8 Å². The van der Waals surface area contributed by atoms with Gasteiger partial charge in [0.05, 0.1) is 0 Å². The number of halogens is 3. The summed E-state index contributed by atoms with van der Waals surface area (Å²) in [5, 5.41) is 0. The SMILES string of the molecule is NC(c1cncnc1)C(F)(F)F. The molecule has 0 fully saturated rings. The van der Waals surface area contributed by atoms with Gasteiger partial charge in [0, 0.05) is 18.0 Å². The summed E-state index contributed by atoms with van der Waals surface area (Å²) in [6, 6.07) is -2.00. The first kappa shape index (κ1) is 8.92. The zero-order chi connectivity index (χ0) is 9.19. The molecule has 0 spiro atoms. The maximum absolute atomic E-state index is 12.0. The van der Waals surface area contributed by atoms with Crippen molar-refractivity contribution in [3.05, 3.63) is 24.3 Å². The number of hydrogen-bond donors (Lipinski definition) is 1. The summed E-state index contributed by atoms with van der Waals surface area (Å²) in [6.45, 7) is 0. The molecular weight excluding hydrogens is 171 g/mol. The van der Waals surface area contributed by atoms with Crippen molar-refractivity contribution in [1.82, 2.24) is 9.97 Å². The molecule has 0 aromatic carbocycles. The summed E-state index contributed by atoms with van der Waals surface area (Å²) in [7, 11) is 0. The Balaban J connectivity index is 2.86. The molecule has 66 valence electrons. The minimum Gasteiger partial charge on any atom is -0.316 e. The van der Waals surface area contributed by atoms with E-state index in [4.69, 9.17) is 5.73 Å². The fourth-order valence-corrected chi connectivity index (χ4v) is 0.660. The molecule has 1 rings (SSSR count). The molecule has 0 aliphatic rings. The van der Waals surface area contributed by atoms with Crippen LogP contribution in [0.2, 0.25) is 0 Å². The highest BCUT2D eigenvalue weighted by Gasteiger charge is 2.38. The number of aromatic nitrogens is 2. The second-order valence-corrected chi connectivity index (χ2v) is 2.19. The van der Waals surface area contributed by atoms with Crippen LogP contribution in [0.25, 0.3) is 0 Å². The number of hydrogen-bond acceptors (Lipinski definition) is 3. The third-order valence-electron chi connectivity index (χ3n) is 1.29. The van der Waals surface area contributed by atoms with E-state index in [-0.39, 0.29) is 5.56 Å². The molecule has 1 aromatic rings. The van der Waals surface area contributed by atoms with Crippen molar-refractivity contribution in [2.75, 3.05) is 0 Å². The molecule has 12 heavy (non-hydrogen) atoms. The Morgan fingerprint density at radius 2 is 1.75 bits per heavy atom. The van der Waals surface area contributed by atoms with Gasteiger partial charge in [0.15, 0.2) is 0 Å². The first-order chi connectivity index (χ1) is 5.52. The summed E-state index contributed by atoms with van der Waals surface area (Å²) in [6.07, 6.45) is -1.20. The predicted octanol–water partition coefficient (Wildman–Crippen LogP) is 1.04. The van der Waals surface area contributed by atoms with E-state index in [0.29, 0.717) is 0 Å². The summed E-state index contributed by atoms with van der Waals surface area (Å²) < 4.78 is 35.9. The van der Waals surface area contributed by atoms with Crippen LogP contribution in [0, 0.1) is 0 Å². The van der Waals surface area contributed by atoms with Gasteiger partial charge in [-0.05, 0) is 0 Å². The molecule has 6 heteroatoms. The quantitative estimate of drug-likeness (QED) is 0.697. The van der Waals surface area contributed by atoms with Crippen molar-refractivity contribution in [1.29, 1.82) is 0 Å². The highest BCUT2D eigenvalue weighted by Crippen LogP contribution is 2.29. The Labute approximate surface area is 66.4 Å². The maximum Gasteiger partial charge on any atom is 0.407 e. The van der Waals surface area contributed by atoms with Gasteiger partial charge in [0.1, 0.15) is 12.4 Å². The van der Waals surface area contributed by atoms with Gasteiger partial charge in [-0.1, -0.05) is 0 Å². The smallest absolute Gasteiger partial charge is 0.316 e. The Hall–Kier alpha value is -1.17. The van der Waals surface area contributed by atoms with Gasteiger partial charge in [-0.3, -0.25) is 0 Å². The van der Waals surface area contributed by atoms with Gasteiger partial charge >= 0.3 is 6.18 Å². The van der Waals surface area contributed by atoms with E-state index in [1.54, 1.807) is 0 Å². The Bertz CT molecular complexity index is 246. The standard InChI is InChI=1S/C6H6F3N3/c7-6(8,9)5(10)4-1-11-3-12-2-4/h1-3,5H,10H2. The van der Waals surface area contributed by atoms with Gasteiger partial charge in [-0.15, -0.1) is 0 Å². The summed E-state index contributed by atoms with van der Waals surface area (Å²) in [4.78, 5) is 6.86. The lowest BCUT2D eigenvalue weighted by Gasteiger charge is -2.14. The third kappa shape index (κ3) is 1.91. The van der Waals surface area contributed by atoms with E-state index in [2.05, 4.69) is 9.97 Å². The van der Waals surface area contributed by atoms with Gasteiger partial charge in [0.25, 0.3) is 0 Å². The Morgan fingerprint density at radius 1 is 1.25 bits per heavy atom. The molecule has 0 radical (unpaired) electrons. The molecule has 2 N–H and O–H groups in total. The lowest BCUT2D eigenvalue weighted by Crippen LogP contribution is -2.28. The maximum atomic E-state index is 12.0. The number of alkyl halides is 3. The average Bonchev–Trinajstić information content (AvgIpc) is 2.03. The number of nitrogens with zero attached hydrogens (tertiary/aromatic N) is 2. The summed E-state index contributed by atoms with van der Waals surface area (Å²) in [5.74, 6) is 0. The molecule has 0 aliphatic carbocycles. The fraction of sp³-hybridized carbons (Fsp3) is 0.333. The molecule has 1 heterocycles. The van der Waals surface area contributed by atoms with Gasteiger partial charge in [-0.25, -0.2) is 9.97 Å². The molecule has 3 nitrogen and oxygen atoms in total. The van der Waals surface area contributed by atoms with Gasteiger partial charge in [-0.2, -0.15) is 13.2 Å². The van der Waals surface area contributed by atoms with Crippen molar-refractivity contribution in [3.8, 4) is 0 Å². The highest BCUT2D eigenvalue weighted by molar-refractivity contribution is 5.10. The van der Waals surface area contributed by atoms with Crippen molar-refractivity contribution in [2.24, 2.45) is 5.73 Å². The molecule has 1 aromatic heterocycles. The summed E-state index contributed by atoms with van der Waals surface area (Å²) >= 11 is 0. The van der Waals surface area contributed by atoms with Crippen LogP contribution in [0.1, 0.15) is 11.6 Å². The van der Waals surface area contributed by atoms with Gasteiger partial charge < -0.3 is 5.73 Å². The minimum atomic E-state index is -4.44. The summed E-state index contributed by atoms with van der Waals surface area (Å²) in [5.41, 5.74) is 4.73. The van der Waals surface area contributed by atoms with Crippen LogP contribution in [-0.2, 0) is 0 Å². The van der Waals surface area contributed by atoms with Crippen LogP contribution in [0.15, 0.2) is 18.7 Å². The van der Waals surface area contributed by atoms with Crippen molar-refractivity contribution in [2.45, 2.75) is 12.2 Å². The molecular formula is C6H6F3N3. The third-order valence-corrected chi connectivity index (χ3v) is 1.29. The minimum absolute atomic E-state index is 0.134. The first-order valence-corrected chi connectivity index (χ1v) is 3.09. The van der Waals surface area contributed by atoms with E-state index in [1.807, 2.05) is 0 Å². The monoisotopic (exact) mass is 177 g/mol. The average molecular weight is 177 g/mol. The van der Waals surface area contributed by atoms with Crippen LogP contribution in [0.4, 0.5) is 13.2 Å². The predicted molar refractivity (Wildman–Crippen MR) is 35.0 cm³/mol.